The fourth-order valence-corrected chi connectivity index (χ4v) is 6.39. The van der Waals surface area contributed by atoms with E-state index in [9.17, 15) is 4.79 Å². The summed E-state index contributed by atoms with van der Waals surface area (Å²) in [5.41, 5.74) is -0.0100. The minimum atomic E-state index is -0.0100. The maximum Gasteiger partial charge on any atom is 0.277 e. The summed E-state index contributed by atoms with van der Waals surface area (Å²) in [7, 11) is 0. The first kappa shape index (κ1) is 15.1. The molecule has 0 amide bonds. The summed E-state index contributed by atoms with van der Waals surface area (Å²) in [6.45, 7) is 0. The number of rotatable bonds is 6. The Morgan fingerprint density at radius 2 is 1.82 bits per heavy atom. The average molecular weight is 338 g/mol. The number of aromatic nitrogens is 2. The maximum atomic E-state index is 12.9. The van der Waals surface area contributed by atoms with E-state index in [2.05, 4.69) is 10.2 Å². The fourth-order valence-electron chi connectivity index (χ4n) is 5.21. The Labute approximate surface area is 139 Å². The molecule has 0 spiro atoms. The molecule has 4 nitrogen and oxygen atoms in total. The van der Waals surface area contributed by atoms with E-state index in [-0.39, 0.29) is 5.41 Å². The minimum Gasteiger partial charge on any atom is -0.415 e. The summed E-state index contributed by atoms with van der Waals surface area (Å²) in [6.07, 6.45) is 9.55. The Morgan fingerprint density at radius 1 is 1.18 bits per heavy atom. The van der Waals surface area contributed by atoms with Gasteiger partial charge in [0.05, 0.1) is 11.5 Å². The lowest BCUT2D eigenvalue weighted by Gasteiger charge is -2.55. The molecule has 120 valence electrons. The van der Waals surface area contributed by atoms with Crippen molar-refractivity contribution in [2.75, 3.05) is 12.0 Å². The second-order valence-corrected chi connectivity index (χ2v) is 9.10. The van der Waals surface area contributed by atoms with E-state index in [1.165, 1.54) is 31.0 Å². The number of thioether (sulfide) groups is 2. The van der Waals surface area contributed by atoms with E-state index < -0.39 is 0 Å². The number of carbonyl (C=O) groups is 1. The van der Waals surface area contributed by atoms with E-state index >= 15 is 0 Å². The van der Waals surface area contributed by atoms with Gasteiger partial charge in [-0.05, 0) is 62.5 Å². The Kier molecular flexibility index (Phi) is 4.01. The number of hydrogen-bond acceptors (Lipinski definition) is 6. The Morgan fingerprint density at radius 3 is 2.41 bits per heavy atom. The second-order valence-electron chi connectivity index (χ2n) is 7.30. The van der Waals surface area contributed by atoms with Crippen LogP contribution >= 0.6 is 23.5 Å². The topological polar surface area (TPSA) is 56.0 Å². The first-order valence-electron chi connectivity index (χ1n) is 8.14. The number of Topliss-reactive ketones (excluding diaryl/α,β-unsaturated/α-hetero) is 1. The van der Waals surface area contributed by atoms with Crippen LogP contribution in [0.15, 0.2) is 9.64 Å². The van der Waals surface area contributed by atoms with Crippen molar-refractivity contribution < 1.29 is 9.21 Å². The summed E-state index contributed by atoms with van der Waals surface area (Å²) in [4.78, 5) is 12.9. The quantitative estimate of drug-likeness (QED) is 0.735. The number of ketones is 1. The SMILES string of the molecule is CSCc1nnc(SCC(=O)C23CC4CC(CC(C4)C2)C3)o1. The first-order chi connectivity index (χ1) is 10.7. The van der Waals surface area contributed by atoms with Gasteiger partial charge in [0.25, 0.3) is 5.22 Å². The van der Waals surface area contributed by atoms with Gasteiger partial charge < -0.3 is 4.42 Å². The predicted molar refractivity (Wildman–Crippen MR) is 87.9 cm³/mol. The summed E-state index contributed by atoms with van der Waals surface area (Å²) in [5.74, 6) is 4.76. The smallest absolute Gasteiger partial charge is 0.277 e. The molecule has 0 radical (unpaired) electrons. The molecule has 4 fully saturated rings. The predicted octanol–water partition coefficient (Wildman–Crippen LogP) is 3.81. The van der Waals surface area contributed by atoms with Crippen molar-refractivity contribution in [1.29, 1.82) is 0 Å². The number of carbonyl (C=O) groups excluding carboxylic acids is 1. The molecule has 1 heterocycles. The van der Waals surface area contributed by atoms with Crippen LogP contribution in [0.2, 0.25) is 0 Å². The summed E-state index contributed by atoms with van der Waals surface area (Å²) in [5, 5.41) is 8.58. The molecule has 4 aliphatic rings. The molecule has 5 rings (SSSR count). The zero-order valence-corrected chi connectivity index (χ0v) is 14.5. The van der Waals surface area contributed by atoms with Crippen LogP contribution in [-0.2, 0) is 10.5 Å². The van der Waals surface area contributed by atoms with Gasteiger partial charge in [0.15, 0.2) is 0 Å². The highest BCUT2D eigenvalue weighted by Crippen LogP contribution is 2.60. The van der Waals surface area contributed by atoms with Crippen molar-refractivity contribution in [1.82, 2.24) is 10.2 Å². The third kappa shape index (κ3) is 2.73. The number of hydrogen-bond donors (Lipinski definition) is 0. The molecule has 0 saturated heterocycles. The minimum absolute atomic E-state index is 0.0100. The Bertz CT molecular complexity index is 537. The van der Waals surface area contributed by atoms with Gasteiger partial charge in [-0.3, -0.25) is 4.79 Å². The molecule has 22 heavy (non-hydrogen) atoms. The van der Waals surface area contributed by atoms with Gasteiger partial charge in [0.1, 0.15) is 5.78 Å². The molecule has 0 atom stereocenters. The number of nitrogens with zero attached hydrogens (tertiary/aromatic N) is 2. The monoisotopic (exact) mass is 338 g/mol. The van der Waals surface area contributed by atoms with Crippen LogP contribution in [0.1, 0.15) is 44.4 Å². The van der Waals surface area contributed by atoms with Crippen LogP contribution in [0.4, 0.5) is 0 Å². The van der Waals surface area contributed by atoms with Crippen LogP contribution in [0.3, 0.4) is 0 Å². The summed E-state index contributed by atoms with van der Waals surface area (Å²) in [6, 6.07) is 0. The fraction of sp³-hybridized carbons (Fsp3) is 0.812. The third-order valence-corrected chi connectivity index (χ3v) is 7.03. The van der Waals surface area contributed by atoms with Gasteiger partial charge in [-0.1, -0.05) is 11.8 Å². The van der Waals surface area contributed by atoms with Crippen molar-refractivity contribution in [2.24, 2.45) is 23.2 Å². The third-order valence-electron chi connectivity index (χ3n) is 5.67. The molecule has 4 bridgehead atoms. The van der Waals surface area contributed by atoms with Crippen LogP contribution in [-0.4, -0.2) is 28.0 Å². The standard InChI is InChI=1S/C16H22N2O2S2/c1-21-9-14-17-18-15(20-14)22-8-13(19)16-5-10-2-11(6-16)4-12(3-10)7-16/h10-12H,2-9H2,1H3. The van der Waals surface area contributed by atoms with E-state index in [1.54, 1.807) is 11.8 Å². The van der Waals surface area contributed by atoms with Crippen molar-refractivity contribution in [3.8, 4) is 0 Å². The largest absolute Gasteiger partial charge is 0.415 e. The van der Waals surface area contributed by atoms with Crippen molar-refractivity contribution in [2.45, 2.75) is 49.5 Å². The Balaban J connectivity index is 1.39. The second kappa shape index (κ2) is 5.86. The highest BCUT2D eigenvalue weighted by molar-refractivity contribution is 7.99. The molecule has 0 aliphatic heterocycles. The molecule has 4 aliphatic carbocycles. The van der Waals surface area contributed by atoms with Gasteiger partial charge >= 0.3 is 0 Å². The van der Waals surface area contributed by atoms with Crippen LogP contribution in [0, 0.1) is 23.2 Å². The van der Waals surface area contributed by atoms with Crippen LogP contribution < -0.4 is 0 Å². The van der Waals surface area contributed by atoms with Gasteiger partial charge in [0, 0.05) is 5.41 Å². The summed E-state index contributed by atoms with van der Waals surface area (Å²) < 4.78 is 5.56. The Hall–Kier alpha value is -0.490. The zero-order valence-electron chi connectivity index (χ0n) is 12.9. The van der Waals surface area contributed by atoms with Crippen molar-refractivity contribution in [3.05, 3.63) is 5.89 Å². The molecule has 0 N–H and O–H groups in total. The van der Waals surface area contributed by atoms with Crippen molar-refractivity contribution >= 4 is 29.3 Å². The lowest BCUT2D eigenvalue weighted by molar-refractivity contribution is -0.141. The van der Waals surface area contributed by atoms with Crippen molar-refractivity contribution in [3.63, 3.8) is 0 Å². The van der Waals surface area contributed by atoms with Crippen LogP contribution in [0.5, 0.6) is 0 Å². The molecule has 1 aromatic heterocycles. The van der Waals surface area contributed by atoms with Gasteiger partial charge in [-0.25, -0.2) is 0 Å². The molecule has 6 heteroatoms. The maximum absolute atomic E-state index is 12.9. The average Bonchev–Trinajstić information content (AvgIpc) is 2.91. The molecule has 1 aromatic rings. The molecular formula is C16H22N2O2S2. The van der Waals surface area contributed by atoms with Gasteiger partial charge in [0.2, 0.25) is 5.89 Å². The highest BCUT2D eigenvalue weighted by Gasteiger charge is 2.54. The van der Waals surface area contributed by atoms with Crippen LogP contribution in [0.25, 0.3) is 0 Å². The van der Waals surface area contributed by atoms with E-state index in [0.717, 1.165) is 42.8 Å². The van der Waals surface area contributed by atoms with Gasteiger partial charge in [-0.15, -0.1) is 10.2 Å². The lowest BCUT2D eigenvalue weighted by atomic mass is 9.48. The van der Waals surface area contributed by atoms with E-state index in [4.69, 9.17) is 4.42 Å². The van der Waals surface area contributed by atoms with Gasteiger partial charge in [-0.2, -0.15) is 11.8 Å². The molecule has 0 aromatic carbocycles. The lowest BCUT2D eigenvalue weighted by Crippen LogP contribution is -2.50. The zero-order chi connectivity index (χ0) is 15.2. The summed E-state index contributed by atoms with van der Waals surface area (Å²) >= 11 is 3.08. The van der Waals surface area contributed by atoms with E-state index in [0.29, 0.717) is 22.6 Å². The molecule has 4 saturated carbocycles. The normalized spacial score (nSPS) is 36.0. The first-order valence-corrected chi connectivity index (χ1v) is 10.5. The highest BCUT2D eigenvalue weighted by atomic mass is 32.2. The molecule has 0 unspecified atom stereocenters. The van der Waals surface area contributed by atoms with E-state index in [1.807, 2.05) is 6.26 Å². The molecular weight excluding hydrogens is 316 g/mol.